The Hall–Kier alpha value is -0.160. The van der Waals surface area contributed by atoms with Crippen LogP contribution in [0.4, 0.5) is 0 Å². The SMILES string of the molecule is CCCOCCO.CCCOCCO. The van der Waals surface area contributed by atoms with Crippen molar-refractivity contribution in [2.45, 2.75) is 26.7 Å². The highest BCUT2D eigenvalue weighted by Gasteiger charge is 1.79. The Morgan fingerprint density at radius 3 is 1.29 bits per heavy atom. The molecule has 0 amide bonds. The first-order valence-electron chi connectivity index (χ1n) is 5.20. The number of aliphatic hydroxyl groups excluding tert-OH is 2. The summed E-state index contributed by atoms with van der Waals surface area (Å²) in [5, 5.41) is 16.3. The van der Waals surface area contributed by atoms with Gasteiger partial charge in [0.1, 0.15) is 0 Å². The lowest BCUT2D eigenvalue weighted by Crippen LogP contribution is -1.98. The summed E-state index contributed by atoms with van der Waals surface area (Å²) in [6, 6.07) is 0. The summed E-state index contributed by atoms with van der Waals surface area (Å²) in [5.41, 5.74) is 0. The molecule has 2 N–H and O–H groups in total. The predicted molar refractivity (Wildman–Crippen MR) is 56.4 cm³/mol. The fourth-order valence-corrected chi connectivity index (χ4v) is 0.622. The van der Waals surface area contributed by atoms with Crippen molar-refractivity contribution >= 4 is 0 Å². The highest BCUT2D eigenvalue weighted by Crippen LogP contribution is 1.77. The third-order valence-electron chi connectivity index (χ3n) is 1.17. The number of rotatable bonds is 8. The molecule has 0 atom stereocenters. The van der Waals surface area contributed by atoms with Gasteiger partial charge in [-0.2, -0.15) is 0 Å². The van der Waals surface area contributed by atoms with Crippen molar-refractivity contribution in [2.24, 2.45) is 0 Å². The van der Waals surface area contributed by atoms with E-state index in [0.29, 0.717) is 13.2 Å². The normalized spacial score (nSPS) is 9.43. The van der Waals surface area contributed by atoms with Crippen LogP contribution in [0.3, 0.4) is 0 Å². The van der Waals surface area contributed by atoms with Crippen LogP contribution in [0, 0.1) is 0 Å². The molecule has 0 rings (SSSR count). The van der Waals surface area contributed by atoms with Crippen molar-refractivity contribution in [1.29, 1.82) is 0 Å². The Morgan fingerprint density at radius 1 is 0.714 bits per heavy atom. The molecule has 0 aliphatic heterocycles. The molecule has 0 unspecified atom stereocenters. The molecule has 0 saturated heterocycles. The van der Waals surface area contributed by atoms with E-state index in [1.807, 2.05) is 13.8 Å². The largest absolute Gasteiger partial charge is 0.394 e. The molecule has 0 aromatic heterocycles. The third kappa shape index (κ3) is 22.6. The predicted octanol–water partition coefficient (Wildman–Crippen LogP) is 0.811. The van der Waals surface area contributed by atoms with Gasteiger partial charge in [0.25, 0.3) is 0 Å². The highest BCUT2D eigenvalue weighted by atomic mass is 16.5. The smallest absolute Gasteiger partial charge is 0.0697 e. The van der Waals surface area contributed by atoms with Gasteiger partial charge in [-0.15, -0.1) is 0 Å². The van der Waals surface area contributed by atoms with Gasteiger partial charge < -0.3 is 19.7 Å². The molecule has 4 heteroatoms. The van der Waals surface area contributed by atoms with Gasteiger partial charge in [-0.1, -0.05) is 13.8 Å². The minimum Gasteiger partial charge on any atom is -0.394 e. The Labute approximate surface area is 86.8 Å². The first-order valence-corrected chi connectivity index (χ1v) is 5.20. The average molecular weight is 208 g/mol. The van der Waals surface area contributed by atoms with E-state index in [4.69, 9.17) is 19.7 Å². The quantitative estimate of drug-likeness (QED) is 0.580. The van der Waals surface area contributed by atoms with Crippen LogP contribution in [0.5, 0.6) is 0 Å². The molecule has 0 aromatic rings. The summed E-state index contributed by atoms with van der Waals surface area (Å²) in [5.74, 6) is 0. The molecular weight excluding hydrogens is 184 g/mol. The van der Waals surface area contributed by atoms with E-state index in [0.717, 1.165) is 26.1 Å². The van der Waals surface area contributed by atoms with Gasteiger partial charge in [-0.25, -0.2) is 0 Å². The van der Waals surface area contributed by atoms with Gasteiger partial charge >= 0.3 is 0 Å². The molecule has 0 aliphatic rings. The van der Waals surface area contributed by atoms with Gasteiger partial charge in [0.05, 0.1) is 26.4 Å². The van der Waals surface area contributed by atoms with Crippen molar-refractivity contribution in [3.63, 3.8) is 0 Å². The Morgan fingerprint density at radius 2 is 1.07 bits per heavy atom. The molecule has 0 bridgehead atoms. The molecule has 0 radical (unpaired) electrons. The van der Waals surface area contributed by atoms with Crippen molar-refractivity contribution in [3.05, 3.63) is 0 Å². The third-order valence-corrected chi connectivity index (χ3v) is 1.17. The summed E-state index contributed by atoms with van der Waals surface area (Å²) < 4.78 is 9.76. The molecule has 0 fully saturated rings. The van der Waals surface area contributed by atoms with Crippen LogP contribution < -0.4 is 0 Å². The van der Waals surface area contributed by atoms with Crippen molar-refractivity contribution in [2.75, 3.05) is 39.6 Å². The molecule has 0 aliphatic carbocycles. The van der Waals surface area contributed by atoms with E-state index in [-0.39, 0.29) is 13.2 Å². The monoisotopic (exact) mass is 208 g/mol. The zero-order chi connectivity index (χ0) is 11.1. The van der Waals surface area contributed by atoms with E-state index in [9.17, 15) is 0 Å². The number of hydrogen-bond donors (Lipinski definition) is 2. The van der Waals surface area contributed by atoms with E-state index in [1.54, 1.807) is 0 Å². The Bertz CT molecular complexity index is 60.5. The van der Waals surface area contributed by atoms with E-state index >= 15 is 0 Å². The number of aliphatic hydroxyl groups is 2. The van der Waals surface area contributed by atoms with Gasteiger partial charge in [-0.05, 0) is 12.8 Å². The lowest BCUT2D eigenvalue weighted by atomic mass is 10.5. The lowest BCUT2D eigenvalue weighted by Gasteiger charge is -1.94. The first-order chi connectivity index (χ1) is 6.83. The lowest BCUT2D eigenvalue weighted by molar-refractivity contribution is 0.0928. The van der Waals surface area contributed by atoms with Crippen molar-refractivity contribution < 1.29 is 19.7 Å². The summed E-state index contributed by atoms with van der Waals surface area (Å²) in [4.78, 5) is 0. The summed E-state index contributed by atoms with van der Waals surface area (Å²) in [6.45, 7) is 6.84. The van der Waals surface area contributed by atoms with Crippen LogP contribution in [-0.4, -0.2) is 49.9 Å². The van der Waals surface area contributed by atoms with Crippen molar-refractivity contribution in [3.8, 4) is 0 Å². The van der Waals surface area contributed by atoms with Crippen LogP contribution in [0.1, 0.15) is 26.7 Å². The van der Waals surface area contributed by atoms with Crippen molar-refractivity contribution in [1.82, 2.24) is 0 Å². The maximum absolute atomic E-state index is 8.17. The standard InChI is InChI=1S/2C5H12O2/c2*1-2-4-7-5-3-6/h2*6H,2-5H2,1H3. The van der Waals surface area contributed by atoms with E-state index in [1.165, 1.54) is 0 Å². The average Bonchev–Trinajstić information content (AvgIpc) is 2.21. The molecule has 0 aromatic carbocycles. The molecule has 0 heterocycles. The molecular formula is C10H24O4. The topological polar surface area (TPSA) is 58.9 Å². The van der Waals surface area contributed by atoms with Gasteiger partial charge in [0.2, 0.25) is 0 Å². The van der Waals surface area contributed by atoms with Crippen LogP contribution in [0.25, 0.3) is 0 Å². The summed E-state index contributed by atoms with van der Waals surface area (Å²) in [6.07, 6.45) is 2.06. The highest BCUT2D eigenvalue weighted by molar-refractivity contribution is 4.25. The fraction of sp³-hybridized carbons (Fsp3) is 1.00. The zero-order valence-corrected chi connectivity index (χ0v) is 9.37. The van der Waals surface area contributed by atoms with E-state index in [2.05, 4.69) is 0 Å². The minimum absolute atomic E-state index is 0.139. The first kappa shape index (κ1) is 16.3. The molecule has 0 spiro atoms. The van der Waals surface area contributed by atoms with Crippen LogP contribution in [-0.2, 0) is 9.47 Å². The molecule has 4 nitrogen and oxygen atoms in total. The summed E-state index contributed by atoms with van der Waals surface area (Å²) >= 11 is 0. The fourth-order valence-electron chi connectivity index (χ4n) is 0.622. The van der Waals surface area contributed by atoms with Gasteiger partial charge in [0, 0.05) is 13.2 Å². The Kier molecular flexibility index (Phi) is 21.6. The molecule has 0 saturated carbocycles. The summed E-state index contributed by atoms with van der Waals surface area (Å²) in [7, 11) is 0. The second-order valence-electron chi connectivity index (χ2n) is 2.67. The number of hydrogen-bond acceptors (Lipinski definition) is 4. The maximum atomic E-state index is 8.17. The van der Waals surface area contributed by atoms with Crippen LogP contribution >= 0.6 is 0 Å². The molecule has 88 valence electrons. The van der Waals surface area contributed by atoms with Gasteiger partial charge in [0.15, 0.2) is 0 Å². The van der Waals surface area contributed by atoms with E-state index < -0.39 is 0 Å². The Balaban J connectivity index is 0. The van der Waals surface area contributed by atoms with Gasteiger partial charge in [-0.3, -0.25) is 0 Å². The maximum Gasteiger partial charge on any atom is 0.0697 e. The second-order valence-corrected chi connectivity index (χ2v) is 2.67. The minimum atomic E-state index is 0.139. The second kappa shape index (κ2) is 18.6. The van der Waals surface area contributed by atoms with Crippen LogP contribution in [0.2, 0.25) is 0 Å². The zero-order valence-electron chi connectivity index (χ0n) is 9.37. The van der Waals surface area contributed by atoms with Crippen LogP contribution in [0.15, 0.2) is 0 Å². The number of ether oxygens (including phenoxy) is 2. The molecule has 14 heavy (non-hydrogen) atoms.